The number of aromatic hydroxyl groups is 4. The molecule has 4 aromatic carbocycles. The molecule has 2 saturated heterocycles. The Morgan fingerprint density at radius 2 is 0.989 bits per heavy atom. The molecular weight excluding hydrogens is 1160 g/mol. The molecule has 2 fully saturated rings. The van der Waals surface area contributed by atoms with Crippen LogP contribution < -0.4 is 20.4 Å². The number of hydrogen-bond acceptors (Lipinski definition) is 29. The lowest BCUT2D eigenvalue weighted by Crippen LogP contribution is -2.55. The fraction of sp³-hybridized carbons (Fsp3) is 0.448. The van der Waals surface area contributed by atoms with Crippen LogP contribution in [0.3, 0.4) is 0 Å². The molecule has 2 aliphatic heterocycles. The summed E-state index contributed by atoms with van der Waals surface area (Å²) in [5.41, 5.74) is -5.06. The van der Waals surface area contributed by atoms with Crippen LogP contribution in [0.4, 0.5) is 0 Å². The van der Waals surface area contributed by atoms with E-state index in [-0.39, 0.29) is 56.0 Å². The lowest BCUT2D eigenvalue weighted by molar-refractivity contribution is -0.257. The number of carbonyl (C=O) groups is 8. The molecule has 87 heavy (non-hydrogen) atoms. The van der Waals surface area contributed by atoms with Crippen LogP contribution >= 0.6 is 0 Å². The van der Waals surface area contributed by atoms with Crippen molar-refractivity contribution in [3.05, 3.63) is 103 Å². The number of Topliss-reactive ketones (excluding diaryl/α,β-unsaturated/α-hetero) is 2. The number of phenolic OH excluding ortho intramolecular Hbond substituents is 4. The zero-order chi connectivity index (χ0) is 63.0. The van der Waals surface area contributed by atoms with E-state index in [1.165, 1.54) is 64.5 Å². The van der Waals surface area contributed by atoms with Gasteiger partial charge in [-0.3, -0.25) is 33.6 Å². The highest BCUT2D eigenvalue weighted by Crippen LogP contribution is 2.55. The van der Waals surface area contributed by atoms with Crippen molar-refractivity contribution >= 4 is 46.6 Å². The van der Waals surface area contributed by atoms with Crippen molar-refractivity contribution in [2.75, 3.05) is 27.4 Å². The Morgan fingerprint density at radius 3 is 1.38 bits per heavy atom. The van der Waals surface area contributed by atoms with Crippen molar-refractivity contribution in [3.63, 3.8) is 0 Å². The maximum absolute atomic E-state index is 14.1. The van der Waals surface area contributed by atoms with Gasteiger partial charge in [0.25, 0.3) is 0 Å². The molecule has 0 amide bonds. The third kappa shape index (κ3) is 10.7. The molecule has 0 spiro atoms. The number of fused-ring (bicyclic) bond motifs is 6. The van der Waals surface area contributed by atoms with Gasteiger partial charge >= 0.3 is 11.9 Å². The number of phenols is 4. The molecule has 13 N–H and O–H groups in total. The van der Waals surface area contributed by atoms with E-state index in [9.17, 15) is 94.5 Å². The SMILES string of the molecule is COc1cccc2c1C(=O)c1c(O)c3c(c(O)c1C2=O)C[C@@](O)(C(=O)CO)C[C@@H]3OC1CC(NOC(=O)CC(O)C(=O)ONC2CC(O[C@H]3C[C@](O)(C(=O)CO)Cc4c(O)c5c(c(O)c43)C(=O)c3c(OC)cccc3C5=O)OC(C)C2O)C(O)C(C)O1. The number of aliphatic hydroxyl groups is 7. The number of nitrogens with one attached hydrogen (secondary N) is 2. The Labute approximate surface area is 491 Å². The van der Waals surface area contributed by atoms with Gasteiger partial charge < -0.3 is 94.3 Å². The number of methoxy groups -OCH3 is 2. The Balaban J connectivity index is 0.795. The highest BCUT2D eigenvalue weighted by molar-refractivity contribution is 6.32. The highest BCUT2D eigenvalue weighted by atomic mass is 16.7. The first-order valence-electron chi connectivity index (χ1n) is 27.3. The number of aliphatic hydroxyl groups excluding tert-OH is 5. The molecule has 29 heteroatoms. The third-order valence-corrected chi connectivity index (χ3v) is 16.8. The minimum Gasteiger partial charge on any atom is -0.507 e. The molecule has 13 atom stereocenters. The van der Waals surface area contributed by atoms with Gasteiger partial charge in [-0.15, -0.1) is 11.0 Å². The monoisotopic (exact) mass is 1220 g/mol. The maximum atomic E-state index is 14.1. The van der Waals surface area contributed by atoms with Gasteiger partial charge in [0, 0.05) is 71.9 Å². The van der Waals surface area contributed by atoms with Crippen LogP contribution in [0.2, 0.25) is 0 Å². The van der Waals surface area contributed by atoms with Crippen molar-refractivity contribution in [1.29, 1.82) is 0 Å². The topological polar surface area (TPSA) is 457 Å². The van der Waals surface area contributed by atoms with Crippen molar-refractivity contribution in [3.8, 4) is 34.5 Å². The number of ketones is 6. The second kappa shape index (κ2) is 23.7. The van der Waals surface area contributed by atoms with E-state index in [1.807, 2.05) is 0 Å². The Bertz CT molecular complexity index is 3570. The number of hydrogen-bond donors (Lipinski definition) is 13. The minimum atomic E-state index is -2.49. The molecule has 0 radical (unpaired) electrons. The Morgan fingerprint density at radius 1 is 0.598 bits per heavy atom. The van der Waals surface area contributed by atoms with Crippen LogP contribution in [-0.4, -0.2) is 197 Å². The van der Waals surface area contributed by atoms with Crippen molar-refractivity contribution in [2.45, 2.75) is 137 Å². The summed E-state index contributed by atoms with van der Waals surface area (Å²) in [4.78, 5) is 119. The minimum absolute atomic E-state index is 0.0196. The van der Waals surface area contributed by atoms with Gasteiger partial charge in [-0.2, -0.15) is 0 Å². The van der Waals surface area contributed by atoms with Gasteiger partial charge in [0.05, 0.1) is 103 Å². The molecule has 0 aromatic heterocycles. The van der Waals surface area contributed by atoms with Crippen molar-refractivity contribution in [1.82, 2.24) is 11.0 Å². The number of carbonyl (C=O) groups excluding carboxylic acids is 8. The first kappa shape index (κ1) is 62.2. The first-order chi connectivity index (χ1) is 41.2. The Hall–Kier alpha value is -7.88. The maximum Gasteiger partial charge on any atom is 0.354 e. The molecular formula is C58H60N2O27. The average Bonchev–Trinajstić information content (AvgIpc) is 0.780. The normalized spacial score (nSPS) is 28.4. The van der Waals surface area contributed by atoms with Crippen LogP contribution in [0.1, 0.15) is 144 Å². The number of benzene rings is 4. The third-order valence-electron chi connectivity index (χ3n) is 16.8. The van der Waals surface area contributed by atoms with Crippen LogP contribution in [0.15, 0.2) is 36.4 Å². The van der Waals surface area contributed by atoms with Crippen LogP contribution in [0.25, 0.3) is 0 Å². The lowest BCUT2D eigenvalue weighted by atomic mass is 9.72. The number of ether oxygens (including phenoxy) is 6. The summed E-state index contributed by atoms with van der Waals surface area (Å²) in [7, 11) is 2.50. The van der Waals surface area contributed by atoms with Crippen LogP contribution in [0.5, 0.6) is 34.5 Å². The molecule has 0 bridgehead atoms. The summed E-state index contributed by atoms with van der Waals surface area (Å²) >= 11 is 0. The van der Waals surface area contributed by atoms with Crippen LogP contribution in [-0.2, 0) is 60.6 Å². The molecule has 4 aromatic rings. The van der Waals surface area contributed by atoms with E-state index in [0.717, 1.165) is 0 Å². The second-order valence-corrected chi connectivity index (χ2v) is 22.1. The van der Waals surface area contributed by atoms with E-state index >= 15 is 0 Å². The summed E-state index contributed by atoms with van der Waals surface area (Å²) < 4.78 is 34.7. The van der Waals surface area contributed by atoms with E-state index in [4.69, 9.17) is 38.1 Å². The summed E-state index contributed by atoms with van der Waals surface area (Å²) in [6, 6.07) is 5.67. The predicted octanol–water partition coefficient (Wildman–Crippen LogP) is -1.05. The van der Waals surface area contributed by atoms with Gasteiger partial charge in [-0.1, -0.05) is 24.3 Å². The van der Waals surface area contributed by atoms with Gasteiger partial charge in [0.1, 0.15) is 58.9 Å². The molecule has 9 unspecified atom stereocenters. The molecule has 6 aliphatic rings. The van der Waals surface area contributed by atoms with Gasteiger partial charge in [0.15, 0.2) is 41.8 Å². The van der Waals surface area contributed by atoms with E-state index in [2.05, 4.69) is 11.0 Å². The van der Waals surface area contributed by atoms with Crippen molar-refractivity contribution < 1.29 is 133 Å². The summed E-state index contributed by atoms with van der Waals surface area (Å²) in [5.74, 6) is -12.2. The smallest absolute Gasteiger partial charge is 0.354 e. The van der Waals surface area contributed by atoms with Crippen LogP contribution in [0, 0.1) is 0 Å². The molecule has 2 heterocycles. The second-order valence-electron chi connectivity index (χ2n) is 22.1. The molecule has 4 aliphatic carbocycles. The quantitative estimate of drug-likeness (QED) is 0.0383. The largest absolute Gasteiger partial charge is 0.507 e. The fourth-order valence-corrected chi connectivity index (χ4v) is 12.3. The summed E-state index contributed by atoms with van der Waals surface area (Å²) in [6.07, 6.45) is -18.7. The standard InChI is InChI=1S/C58H60N2O27/c1-20-46(67)26(11-36(82-20)84-31-16-57(78,33(64)18-61)14-24-40(31)54(75)44-42(50(24)71)48(69)22-7-5-9-29(80-3)38(22)52(44)73)59-86-35(66)13-28(63)56(77)87-60-27-12-37(83-21(2)47(27)68)85-32-17-58(79,34(65)19-62)15-25-41(32)55(76)45-43(51(25)72)49(70)23-8-6-10-30(81-4)39(23)53(45)74/h5-10,20-21,26-28,31-32,36-37,46-47,59-63,67-68,71-72,75-76,78-79H,11-19H2,1-4H3/t20?,21?,26?,27?,28?,31-,32-,36?,37?,46?,47?,57-,58-/m0/s1. The van der Waals surface area contributed by atoms with Gasteiger partial charge in [0.2, 0.25) is 11.6 Å². The number of hydroxylamine groups is 2. The predicted molar refractivity (Wildman–Crippen MR) is 284 cm³/mol. The highest BCUT2D eigenvalue weighted by Gasteiger charge is 2.53. The van der Waals surface area contributed by atoms with Gasteiger partial charge in [-0.25, -0.2) is 4.79 Å². The lowest BCUT2D eigenvalue weighted by Gasteiger charge is -2.42. The van der Waals surface area contributed by atoms with E-state index in [1.54, 1.807) is 0 Å². The number of rotatable bonds is 17. The molecule has 0 saturated carbocycles. The zero-order valence-corrected chi connectivity index (χ0v) is 46.6. The Kier molecular flexibility index (Phi) is 16.9. The summed E-state index contributed by atoms with van der Waals surface area (Å²) in [5, 5.41) is 123. The zero-order valence-electron chi connectivity index (χ0n) is 46.6. The fourth-order valence-electron chi connectivity index (χ4n) is 12.3. The average molecular weight is 1220 g/mol. The summed E-state index contributed by atoms with van der Waals surface area (Å²) in [6.45, 7) is 0.383. The first-order valence-corrected chi connectivity index (χ1v) is 27.3. The van der Waals surface area contributed by atoms with Crippen molar-refractivity contribution in [2.24, 2.45) is 0 Å². The van der Waals surface area contributed by atoms with E-state index in [0.29, 0.717) is 0 Å². The molecule has 29 nitrogen and oxygen atoms in total. The van der Waals surface area contributed by atoms with Gasteiger partial charge in [-0.05, 0) is 26.0 Å². The molecule has 464 valence electrons. The molecule has 10 rings (SSSR count). The van der Waals surface area contributed by atoms with E-state index < -0.39 is 229 Å².